The molecule has 100 valence electrons. The summed E-state index contributed by atoms with van der Waals surface area (Å²) >= 11 is 3.55. The molecule has 0 saturated heterocycles. The van der Waals surface area contributed by atoms with E-state index in [9.17, 15) is 5.11 Å². The molecule has 0 unspecified atom stereocenters. The number of aliphatic hydroxyl groups is 1. The number of rotatable bonds is 0. The molecule has 1 aliphatic rings. The third-order valence-corrected chi connectivity index (χ3v) is 5.11. The average molecular weight is 313 g/mol. The first-order chi connectivity index (χ1) is 8.13. The highest BCUT2D eigenvalue weighted by Crippen LogP contribution is 2.44. The van der Waals surface area contributed by atoms with E-state index in [0.717, 1.165) is 11.3 Å². The van der Waals surface area contributed by atoms with Crippen LogP contribution in [-0.2, 0) is 5.41 Å². The Morgan fingerprint density at radius 3 is 2.44 bits per heavy atom. The summed E-state index contributed by atoms with van der Waals surface area (Å²) in [6, 6.07) is 6.11. The van der Waals surface area contributed by atoms with Gasteiger partial charge in [0.25, 0.3) is 0 Å². The van der Waals surface area contributed by atoms with Gasteiger partial charge in [0.1, 0.15) is 11.4 Å². The fourth-order valence-electron chi connectivity index (χ4n) is 2.22. The molecule has 0 saturated carbocycles. The maximum atomic E-state index is 10.4. The molecule has 18 heavy (non-hydrogen) atoms. The zero-order chi connectivity index (χ0) is 13.7. The van der Waals surface area contributed by atoms with Crippen LogP contribution in [0.1, 0.15) is 51.8 Å². The number of ether oxygens (including phenoxy) is 1. The summed E-state index contributed by atoms with van der Waals surface area (Å²) in [6.07, 6.45) is -0.536. The summed E-state index contributed by atoms with van der Waals surface area (Å²) in [5.74, 6) is 0.788. The number of aliphatic hydroxyl groups excluding tert-OH is 1. The molecule has 1 aromatic carbocycles. The Kier molecular flexibility index (Phi) is 3.27. The zero-order valence-electron chi connectivity index (χ0n) is 11.6. The zero-order valence-corrected chi connectivity index (χ0v) is 13.2. The molecule has 1 aliphatic heterocycles. The molecule has 0 bridgehead atoms. The Morgan fingerprint density at radius 1 is 1.28 bits per heavy atom. The molecule has 2 atom stereocenters. The second kappa shape index (κ2) is 4.24. The molecular formula is C15H21BrO2. The lowest BCUT2D eigenvalue weighted by Crippen LogP contribution is -2.45. The summed E-state index contributed by atoms with van der Waals surface area (Å²) in [7, 11) is 0. The van der Waals surface area contributed by atoms with Crippen LogP contribution in [0.5, 0.6) is 5.75 Å². The quantitative estimate of drug-likeness (QED) is 0.735. The van der Waals surface area contributed by atoms with Crippen LogP contribution in [0.15, 0.2) is 18.2 Å². The monoisotopic (exact) mass is 312 g/mol. The highest BCUT2D eigenvalue weighted by atomic mass is 79.9. The standard InChI is InChI=1S/C15H21BrO2/c1-14(2,3)9-6-7-11-10(8-9)12(17)13(16)15(4,5)18-11/h6-8,12-13,17H,1-5H3/t12-,13+/m0/s1. The van der Waals surface area contributed by atoms with Gasteiger partial charge in [-0.1, -0.05) is 42.8 Å². The van der Waals surface area contributed by atoms with E-state index in [1.54, 1.807) is 0 Å². The second-order valence-electron chi connectivity index (χ2n) is 6.55. The van der Waals surface area contributed by atoms with Crippen molar-refractivity contribution < 1.29 is 9.84 Å². The predicted molar refractivity (Wildman–Crippen MR) is 77.5 cm³/mol. The van der Waals surface area contributed by atoms with Crippen molar-refractivity contribution in [2.45, 2.75) is 56.6 Å². The van der Waals surface area contributed by atoms with Gasteiger partial charge in [-0.15, -0.1) is 0 Å². The number of hydrogen-bond acceptors (Lipinski definition) is 2. The topological polar surface area (TPSA) is 29.5 Å². The Morgan fingerprint density at radius 2 is 1.89 bits per heavy atom. The van der Waals surface area contributed by atoms with E-state index in [1.807, 2.05) is 19.9 Å². The molecule has 1 heterocycles. The average Bonchev–Trinajstić information content (AvgIpc) is 2.24. The third kappa shape index (κ3) is 2.30. The lowest BCUT2D eigenvalue weighted by atomic mass is 9.83. The van der Waals surface area contributed by atoms with Crippen molar-refractivity contribution in [2.75, 3.05) is 0 Å². The van der Waals surface area contributed by atoms with Crippen molar-refractivity contribution in [3.05, 3.63) is 29.3 Å². The lowest BCUT2D eigenvalue weighted by molar-refractivity contribution is 0.0224. The van der Waals surface area contributed by atoms with Crippen LogP contribution in [-0.4, -0.2) is 15.5 Å². The molecule has 3 heteroatoms. The maximum absolute atomic E-state index is 10.4. The molecule has 0 spiro atoms. The molecule has 0 fully saturated rings. The van der Waals surface area contributed by atoms with Crippen molar-refractivity contribution in [2.24, 2.45) is 0 Å². The Bertz CT molecular complexity index is 460. The smallest absolute Gasteiger partial charge is 0.126 e. The predicted octanol–water partition coefficient (Wildman–Crippen LogP) is 3.95. The highest BCUT2D eigenvalue weighted by Gasteiger charge is 2.41. The first-order valence-corrected chi connectivity index (χ1v) is 7.20. The second-order valence-corrected chi connectivity index (χ2v) is 7.54. The van der Waals surface area contributed by atoms with Gasteiger partial charge in [0.05, 0.1) is 10.9 Å². The molecule has 0 aliphatic carbocycles. The Balaban J connectivity index is 2.49. The van der Waals surface area contributed by atoms with Crippen molar-refractivity contribution in [1.82, 2.24) is 0 Å². The highest BCUT2D eigenvalue weighted by molar-refractivity contribution is 9.09. The normalized spacial score (nSPS) is 26.4. The first-order valence-electron chi connectivity index (χ1n) is 6.28. The van der Waals surface area contributed by atoms with Crippen molar-refractivity contribution in [3.8, 4) is 5.75 Å². The lowest BCUT2D eigenvalue weighted by Gasteiger charge is -2.40. The number of alkyl halides is 1. The van der Waals surface area contributed by atoms with E-state index in [1.165, 1.54) is 5.56 Å². The van der Waals surface area contributed by atoms with E-state index >= 15 is 0 Å². The van der Waals surface area contributed by atoms with Crippen molar-refractivity contribution in [1.29, 1.82) is 0 Å². The summed E-state index contributed by atoms with van der Waals surface area (Å²) in [6.45, 7) is 10.5. The van der Waals surface area contributed by atoms with Gasteiger partial charge >= 0.3 is 0 Å². The minimum atomic E-state index is -0.536. The maximum Gasteiger partial charge on any atom is 0.126 e. The van der Waals surface area contributed by atoms with Gasteiger partial charge in [-0.2, -0.15) is 0 Å². The minimum Gasteiger partial charge on any atom is -0.486 e. The van der Waals surface area contributed by atoms with Crippen molar-refractivity contribution >= 4 is 15.9 Å². The van der Waals surface area contributed by atoms with Gasteiger partial charge < -0.3 is 9.84 Å². The summed E-state index contributed by atoms with van der Waals surface area (Å²) < 4.78 is 5.96. The van der Waals surface area contributed by atoms with Gasteiger partial charge in [0, 0.05) is 5.56 Å². The molecule has 1 aromatic rings. The van der Waals surface area contributed by atoms with Crippen LogP contribution in [0.25, 0.3) is 0 Å². The third-order valence-electron chi connectivity index (χ3n) is 3.51. The van der Waals surface area contributed by atoms with Crippen molar-refractivity contribution in [3.63, 3.8) is 0 Å². The molecule has 2 nitrogen and oxygen atoms in total. The molecule has 0 amide bonds. The van der Waals surface area contributed by atoms with Gasteiger partial charge in [-0.3, -0.25) is 0 Å². The van der Waals surface area contributed by atoms with E-state index < -0.39 is 11.7 Å². The largest absolute Gasteiger partial charge is 0.486 e. The van der Waals surface area contributed by atoms with Gasteiger partial charge in [-0.05, 0) is 37.0 Å². The number of hydrogen-bond donors (Lipinski definition) is 1. The Labute approximate surface area is 117 Å². The van der Waals surface area contributed by atoms with Crippen LogP contribution in [0.3, 0.4) is 0 Å². The summed E-state index contributed by atoms with van der Waals surface area (Å²) in [5, 5.41) is 10.4. The summed E-state index contributed by atoms with van der Waals surface area (Å²) in [4.78, 5) is -0.104. The fraction of sp³-hybridized carbons (Fsp3) is 0.600. The van der Waals surface area contributed by atoms with Crippen LogP contribution in [0, 0.1) is 0 Å². The van der Waals surface area contributed by atoms with E-state index in [4.69, 9.17) is 4.74 Å². The fourth-order valence-corrected chi connectivity index (χ4v) is 2.59. The molecule has 2 rings (SSSR count). The first kappa shape index (κ1) is 13.9. The van der Waals surface area contributed by atoms with Gasteiger partial charge in [-0.25, -0.2) is 0 Å². The van der Waals surface area contributed by atoms with E-state index in [2.05, 4.69) is 48.8 Å². The SMILES string of the molecule is CC(C)(C)c1ccc2c(c1)[C@H](O)[C@@H](Br)C(C)(C)O2. The summed E-state index contributed by atoms with van der Waals surface area (Å²) in [5.41, 5.74) is 1.76. The molecule has 0 radical (unpaired) electrons. The number of halogens is 1. The van der Waals surface area contributed by atoms with Crippen LogP contribution < -0.4 is 4.74 Å². The molecule has 0 aromatic heterocycles. The molecule has 1 N–H and O–H groups in total. The van der Waals surface area contributed by atoms with Crippen LogP contribution in [0.2, 0.25) is 0 Å². The minimum absolute atomic E-state index is 0.0729. The van der Waals surface area contributed by atoms with Crippen LogP contribution >= 0.6 is 15.9 Å². The van der Waals surface area contributed by atoms with Gasteiger partial charge in [0.15, 0.2) is 0 Å². The van der Waals surface area contributed by atoms with Crippen LogP contribution in [0.4, 0.5) is 0 Å². The number of benzene rings is 1. The van der Waals surface area contributed by atoms with E-state index in [-0.39, 0.29) is 10.2 Å². The van der Waals surface area contributed by atoms with Gasteiger partial charge in [0.2, 0.25) is 0 Å². The molecular weight excluding hydrogens is 292 g/mol. The Hall–Kier alpha value is -0.540. The van der Waals surface area contributed by atoms with E-state index in [0.29, 0.717) is 0 Å². The number of fused-ring (bicyclic) bond motifs is 1.